The van der Waals surface area contributed by atoms with Crippen molar-refractivity contribution >= 4 is 22.9 Å². The highest BCUT2D eigenvalue weighted by Gasteiger charge is 2.12. The molecular weight excluding hydrogens is 280 g/mol. The minimum atomic E-state index is 0.0482. The molecule has 3 nitrogen and oxygen atoms in total. The van der Waals surface area contributed by atoms with E-state index >= 15 is 0 Å². The standard InChI is InChI=1S/C17H20N2OS/c1-19(11-16-6-3-9-21-16)12-17(20)18-15-8-7-13-4-2-5-14(13)10-15/h3,6-10H,2,4-5,11-12H2,1H3,(H,18,20). The van der Waals surface area contributed by atoms with Crippen molar-refractivity contribution in [1.29, 1.82) is 0 Å². The van der Waals surface area contributed by atoms with Crippen LogP contribution in [0.25, 0.3) is 0 Å². The lowest BCUT2D eigenvalue weighted by molar-refractivity contribution is -0.117. The Morgan fingerprint density at radius 3 is 2.95 bits per heavy atom. The monoisotopic (exact) mass is 300 g/mol. The van der Waals surface area contributed by atoms with Crippen LogP contribution in [0.4, 0.5) is 5.69 Å². The second-order valence-electron chi connectivity index (χ2n) is 5.64. The molecule has 1 N–H and O–H groups in total. The van der Waals surface area contributed by atoms with Crippen LogP contribution in [0, 0.1) is 0 Å². The van der Waals surface area contributed by atoms with Gasteiger partial charge in [0.15, 0.2) is 0 Å². The van der Waals surface area contributed by atoms with Crippen LogP contribution < -0.4 is 5.32 Å². The molecule has 0 saturated carbocycles. The number of hydrogen-bond donors (Lipinski definition) is 1. The number of likely N-dealkylation sites (N-methyl/N-ethyl adjacent to an activating group) is 1. The molecule has 4 heteroatoms. The highest BCUT2D eigenvalue weighted by atomic mass is 32.1. The Kier molecular flexibility index (Phi) is 4.36. The molecule has 0 aliphatic heterocycles. The molecule has 1 aliphatic rings. The Balaban J connectivity index is 1.54. The van der Waals surface area contributed by atoms with E-state index in [-0.39, 0.29) is 5.91 Å². The number of carbonyl (C=O) groups is 1. The lowest BCUT2D eigenvalue weighted by Crippen LogP contribution is -2.29. The van der Waals surface area contributed by atoms with Crippen molar-refractivity contribution in [2.75, 3.05) is 18.9 Å². The van der Waals surface area contributed by atoms with E-state index in [0.717, 1.165) is 18.7 Å². The van der Waals surface area contributed by atoms with E-state index in [0.29, 0.717) is 6.54 Å². The Bertz CT molecular complexity index is 622. The van der Waals surface area contributed by atoms with Crippen molar-refractivity contribution in [1.82, 2.24) is 4.90 Å². The van der Waals surface area contributed by atoms with Crippen LogP contribution in [0.15, 0.2) is 35.7 Å². The molecule has 110 valence electrons. The van der Waals surface area contributed by atoms with E-state index in [4.69, 9.17) is 0 Å². The summed E-state index contributed by atoms with van der Waals surface area (Å²) < 4.78 is 0. The number of thiophene rings is 1. The first-order chi connectivity index (χ1) is 10.2. The molecule has 1 aromatic carbocycles. The van der Waals surface area contributed by atoms with Gasteiger partial charge in [0.05, 0.1) is 6.54 Å². The zero-order valence-electron chi connectivity index (χ0n) is 12.3. The third kappa shape index (κ3) is 3.71. The molecule has 1 heterocycles. The summed E-state index contributed by atoms with van der Waals surface area (Å²) in [5.74, 6) is 0.0482. The number of benzene rings is 1. The lowest BCUT2D eigenvalue weighted by Gasteiger charge is -2.15. The summed E-state index contributed by atoms with van der Waals surface area (Å²) in [6, 6.07) is 10.4. The summed E-state index contributed by atoms with van der Waals surface area (Å²) in [6.45, 7) is 1.23. The predicted molar refractivity (Wildman–Crippen MR) is 87.7 cm³/mol. The number of amides is 1. The van der Waals surface area contributed by atoms with Crippen LogP contribution in [0.5, 0.6) is 0 Å². The van der Waals surface area contributed by atoms with E-state index in [1.807, 2.05) is 24.1 Å². The van der Waals surface area contributed by atoms with Crippen molar-refractivity contribution in [3.8, 4) is 0 Å². The molecule has 3 rings (SSSR count). The maximum atomic E-state index is 12.1. The molecule has 0 unspecified atom stereocenters. The summed E-state index contributed by atoms with van der Waals surface area (Å²) in [5, 5.41) is 5.07. The molecule has 0 bridgehead atoms. The number of hydrogen-bond acceptors (Lipinski definition) is 3. The molecular formula is C17H20N2OS. The van der Waals surface area contributed by atoms with Crippen molar-refractivity contribution in [2.45, 2.75) is 25.8 Å². The van der Waals surface area contributed by atoms with Gasteiger partial charge in [0.1, 0.15) is 0 Å². The Hall–Kier alpha value is -1.65. The molecule has 1 amide bonds. The van der Waals surface area contributed by atoms with E-state index in [1.54, 1.807) is 11.3 Å². The van der Waals surface area contributed by atoms with Crippen molar-refractivity contribution < 1.29 is 4.79 Å². The minimum Gasteiger partial charge on any atom is -0.325 e. The van der Waals surface area contributed by atoms with E-state index in [9.17, 15) is 4.79 Å². The summed E-state index contributed by atoms with van der Waals surface area (Å²) >= 11 is 1.72. The highest BCUT2D eigenvalue weighted by Crippen LogP contribution is 2.24. The first-order valence-electron chi connectivity index (χ1n) is 7.33. The van der Waals surface area contributed by atoms with Crippen LogP contribution in [0.3, 0.4) is 0 Å². The second kappa shape index (κ2) is 6.41. The molecule has 1 aliphatic carbocycles. The summed E-state index contributed by atoms with van der Waals surface area (Å²) in [5.41, 5.74) is 3.74. The summed E-state index contributed by atoms with van der Waals surface area (Å²) in [6.07, 6.45) is 3.54. The number of nitrogens with zero attached hydrogens (tertiary/aromatic N) is 1. The fraction of sp³-hybridized carbons (Fsp3) is 0.353. The Morgan fingerprint density at radius 1 is 1.29 bits per heavy atom. The predicted octanol–water partition coefficient (Wildman–Crippen LogP) is 3.31. The number of aryl methyl sites for hydroxylation is 2. The first kappa shape index (κ1) is 14.3. The number of fused-ring (bicyclic) bond motifs is 1. The van der Waals surface area contributed by atoms with Gasteiger partial charge in [0.2, 0.25) is 5.91 Å². The fourth-order valence-electron chi connectivity index (χ4n) is 2.82. The minimum absolute atomic E-state index is 0.0482. The smallest absolute Gasteiger partial charge is 0.238 e. The topological polar surface area (TPSA) is 32.3 Å². The largest absolute Gasteiger partial charge is 0.325 e. The first-order valence-corrected chi connectivity index (χ1v) is 8.21. The average molecular weight is 300 g/mol. The van der Waals surface area contributed by atoms with Gasteiger partial charge >= 0.3 is 0 Å². The van der Waals surface area contributed by atoms with Crippen LogP contribution in [-0.2, 0) is 24.2 Å². The van der Waals surface area contributed by atoms with E-state index in [2.05, 4.69) is 28.9 Å². The number of anilines is 1. The summed E-state index contributed by atoms with van der Waals surface area (Å²) in [4.78, 5) is 15.4. The quantitative estimate of drug-likeness (QED) is 0.919. The van der Waals surface area contributed by atoms with E-state index < -0.39 is 0 Å². The molecule has 0 radical (unpaired) electrons. The molecule has 0 spiro atoms. The Morgan fingerprint density at radius 2 is 2.14 bits per heavy atom. The third-order valence-corrected chi connectivity index (χ3v) is 4.66. The van der Waals surface area contributed by atoms with Gasteiger partial charge in [0, 0.05) is 17.1 Å². The van der Waals surface area contributed by atoms with E-state index in [1.165, 1.54) is 28.8 Å². The van der Waals surface area contributed by atoms with Gasteiger partial charge < -0.3 is 5.32 Å². The van der Waals surface area contributed by atoms with Gasteiger partial charge in [-0.05, 0) is 61.0 Å². The second-order valence-corrected chi connectivity index (χ2v) is 6.67. The fourth-order valence-corrected chi connectivity index (χ4v) is 3.60. The van der Waals surface area contributed by atoms with Crippen LogP contribution in [0.2, 0.25) is 0 Å². The normalized spacial score (nSPS) is 13.4. The maximum Gasteiger partial charge on any atom is 0.238 e. The third-order valence-electron chi connectivity index (χ3n) is 3.80. The molecule has 0 atom stereocenters. The molecule has 2 aromatic rings. The van der Waals surface area contributed by atoms with Crippen molar-refractivity contribution in [3.63, 3.8) is 0 Å². The van der Waals surface area contributed by atoms with Gasteiger partial charge in [-0.3, -0.25) is 9.69 Å². The summed E-state index contributed by atoms with van der Waals surface area (Å²) in [7, 11) is 1.97. The number of carbonyl (C=O) groups excluding carboxylic acids is 1. The van der Waals surface area contributed by atoms with Crippen LogP contribution in [0.1, 0.15) is 22.4 Å². The van der Waals surface area contributed by atoms with Gasteiger partial charge in [-0.25, -0.2) is 0 Å². The van der Waals surface area contributed by atoms with Gasteiger partial charge in [-0.1, -0.05) is 12.1 Å². The molecule has 0 fully saturated rings. The molecule has 21 heavy (non-hydrogen) atoms. The van der Waals surface area contributed by atoms with Crippen molar-refractivity contribution in [3.05, 3.63) is 51.7 Å². The van der Waals surface area contributed by atoms with Gasteiger partial charge in [0.25, 0.3) is 0 Å². The van der Waals surface area contributed by atoms with Crippen LogP contribution in [-0.4, -0.2) is 24.4 Å². The zero-order valence-corrected chi connectivity index (χ0v) is 13.1. The number of rotatable bonds is 5. The van der Waals surface area contributed by atoms with Gasteiger partial charge in [-0.15, -0.1) is 11.3 Å². The molecule has 0 saturated heterocycles. The number of nitrogens with one attached hydrogen (secondary N) is 1. The molecule has 1 aromatic heterocycles. The zero-order chi connectivity index (χ0) is 14.7. The Labute approximate surface area is 129 Å². The van der Waals surface area contributed by atoms with Crippen molar-refractivity contribution in [2.24, 2.45) is 0 Å². The average Bonchev–Trinajstić information content (AvgIpc) is 3.08. The van der Waals surface area contributed by atoms with Gasteiger partial charge in [-0.2, -0.15) is 0 Å². The van der Waals surface area contributed by atoms with Crippen LogP contribution >= 0.6 is 11.3 Å². The lowest BCUT2D eigenvalue weighted by atomic mass is 10.1. The maximum absolute atomic E-state index is 12.1. The highest BCUT2D eigenvalue weighted by molar-refractivity contribution is 7.09. The SMILES string of the molecule is CN(CC(=O)Nc1ccc2c(c1)CCC2)Cc1cccs1.